The number of amides is 1. The van der Waals surface area contributed by atoms with E-state index < -0.39 is 0 Å². The van der Waals surface area contributed by atoms with Crippen LogP contribution in [-0.4, -0.2) is 42.5 Å². The van der Waals surface area contributed by atoms with Crippen molar-refractivity contribution in [2.24, 2.45) is 5.10 Å². The van der Waals surface area contributed by atoms with Crippen LogP contribution in [0.4, 0.5) is 11.4 Å². The SMILES string of the molecule is CC[C@H](C)c1nc2ccc(Br)cc2c(=O)n1N=Cc1ccc(N(C)C)cc1OCC(=O)Nc1ccccc1C. The normalized spacial score (nSPS) is 12.1. The smallest absolute Gasteiger partial charge is 0.282 e. The van der Waals surface area contributed by atoms with Gasteiger partial charge in [-0.3, -0.25) is 9.59 Å². The van der Waals surface area contributed by atoms with Crippen LogP contribution in [0.25, 0.3) is 10.9 Å². The number of halogens is 1. The minimum Gasteiger partial charge on any atom is -0.483 e. The number of nitrogens with one attached hydrogen (secondary N) is 1. The lowest BCUT2D eigenvalue weighted by Crippen LogP contribution is -2.24. The van der Waals surface area contributed by atoms with Crippen molar-refractivity contribution in [3.63, 3.8) is 0 Å². The lowest BCUT2D eigenvalue weighted by atomic mass is 10.1. The van der Waals surface area contributed by atoms with Crippen LogP contribution in [0.3, 0.4) is 0 Å². The molecule has 1 heterocycles. The van der Waals surface area contributed by atoms with Gasteiger partial charge in [-0.1, -0.05) is 48.0 Å². The molecule has 0 aliphatic carbocycles. The van der Waals surface area contributed by atoms with Crippen molar-refractivity contribution in [1.82, 2.24) is 9.66 Å². The molecule has 4 aromatic rings. The molecule has 0 saturated carbocycles. The molecule has 0 aliphatic rings. The zero-order valence-electron chi connectivity index (χ0n) is 22.7. The molecule has 1 amide bonds. The topological polar surface area (TPSA) is 88.8 Å². The Kier molecular flexibility index (Phi) is 8.81. The molecule has 0 fully saturated rings. The van der Waals surface area contributed by atoms with Gasteiger partial charge in [0, 0.05) is 47.5 Å². The summed E-state index contributed by atoms with van der Waals surface area (Å²) in [5.41, 5.74) is 3.60. The molecule has 1 N–H and O–H groups in total. The van der Waals surface area contributed by atoms with Crippen LogP contribution in [0, 0.1) is 6.92 Å². The summed E-state index contributed by atoms with van der Waals surface area (Å²) < 4.78 is 8.12. The van der Waals surface area contributed by atoms with Crippen LogP contribution in [-0.2, 0) is 4.79 Å². The van der Waals surface area contributed by atoms with Crippen molar-refractivity contribution in [3.8, 4) is 5.75 Å². The Hall–Kier alpha value is -3.98. The third-order valence-electron chi connectivity index (χ3n) is 6.49. The molecule has 9 heteroatoms. The lowest BCUT2D eigenvalue weighted by molar-refractivity contribution is -0.118. The van der Waals surface area contributed by atoms with Crippen molar-refractivity contribution in [2.75, 3.05) is 30.9 Å². The van der Waals surface area contributed by atoms with Crippen molar-refractivity contribution in [3.05, 3.63) is 92.4 Å². The van der Waals surface area contributed by atoms with Gasteiger partial charge in [0.25, 0.3) is 11.5 Å². The maximum atomic E-state index is 13.5. The fourth-order valence-corrected chi connectivity index (χ4v) is 4.34. The Balaban J connectivity index is 1.68. The van der Waals surface area contributed by atoms with Crippen LogP contribution in [0.1, 0.15) is 43.1 Å². The molecule has 1 aromatic heterocycles. The highest BCUT2D eigenvalue weighted by atomic mass is 79.9. The summed E-state index contributed by atoms with van der Waals surface area (Å²) in [4.78, 5) is 32.9. The number of benzene rings is 3. The number of hydrogen-bond donors (Lipinski definition) is 1. The maximum Gasteiger partial charge on any atom is 0.282 e. The third kappa shape index (κ3) is 6.54. The first kappa shape index (κ1) is 28.0. The van der Waals surface area contributed by atoms with Crippen LogP contribution in [0.5, 0.6) is 5.75 Å². The number of carbonyl (C=O) groups excluding carboxylic acids is 1. The molecule has 0 aliphatic heterocycles. The molecule has 39 heavy (non-hydrogen) atoms. The van der Waals surface area contributed by atoms with Crippen molar-refractivity contribution in [2.45, 2.75) is 33.1 Å². The number of fused-ring (bicyclic) bond motifs is 1. The summed E-state index contributed by atoms with van der Waals surface area (Å²) in [6, 6.07) is 18.6. The summed E-state index contributed by atoms with van der Waals surface area (Å²) in [7, 11) is 3.85. The molecular formula is C30H32BrN5O3. The largest absolute Gasteiger partial charge is 0.483 e. The Labute approximate surface area is 236 Å². The zero-order chi connectivity index (χ0) is 28.1. The summed E-state index contributed by atoms with van der Waals surface area (Å²) in [6.45, 7) is 5.81. The molecule has 3 aromatic carbocycles. The molecule has 0 saturated heterocycles. The van der Waals surface area contributed by atoms with Gasteiger partial charge >= 0.3 is 0 Å². The number of carbonyl (C=O) groups is 1. The van der Waals surface area contributed by atoms with E-state index in [-0.39, 0.29) is 24.0 Å². The van der Waals surface area contributed by atoms with Crippen molar-refractivity contribution < 1.29 is 9.53 Å². The van der Waals surface area contributed by atoms with Gasteiger partial charge in [0.15, 0.2) is 6.61 Å². The lowest BCUT2D eigenvalue weighted by Gasteiger charge is -2.17. The predicted molar refractivity (Wildman–Crippen MR) is 161 cm³/mol. The van der Waals surface area contributed by atoms with E-state index >= 15 is 0 Å². The van der Waals surface area contributed by atoms with Crippen molar-refractivity contribution in [1.29, 1.82) is 0 Å². The van der Waals surface area contributed by atoms with E-state index in [1.165, 1.54) is 4.68 Å². The first-order chi connectivity index (χ1) is 18.7. The number of rotatable bonds is 9. The molecular weight excluding hydrogens is 558 g/mol. The fourth-order valence-electron chi connectivity index (χ4n) is 3.97. The maximum absolute atomic E-state index is 13.5. The van der Waals surface area contributed by atoms with Crippen molar-refractivity contribution >= 4 is 50.3 Å². The Morgan fingerprint density at radius 3 is 2.67 bits per heavy atom. The molecule has 8 nitrogen and oxygen atoms in total. The number of nitrogens with zero attached hydrogens (tertiary/aromatic N) is 4. The Morgan fingerprint density at radius 2 is 1.95 bits per heavy atom. The zero-order valence-corrected chi connectivity index (χ0v) is 24.3. The van der Waals surface area contributed by atoms with Gasteiger partial charge < -0.3 is 15.0 Å². The van der Waals surface area contributed by atoms with E-state index in [0.29, 0.717) is 28.0 Å². The van der Waals surface area contributed by atoms with E-state index in [9.17, 15) is 9.59 Å². The first-order valence-electron chi connectivity index (χ1n) is 12.7. The quantitative estimate of drug-likeness (QED) is 0.244. The average molecular weight is 591 g/mol. The summed E-state index contributed by atoms with van der Waals surface area (Å²) in [5, 5.41) is 7.93. The first-order valence-corrected chi connectivity index (χ1v) is 13.5. The monoisotopic (exact) mass is 589 g/mol. The standard InChI is InChI=1S/C30H32BrN5O3/c1-6-19(2)29-34-26-14-12-22(31)15-24(26)30(38)36(29)32-17-21-11-13-23(35(4)5)16-27(21)39-18-28(37)33-25-10-8-7-9-20(25)3/h7-17,19H,6,18H2,1-5H3,(H,33,37)/t19-/m0/s1. The molecule has 0 bridgehead atoms. The summed E-state index contributed by atoms with van der Waals surface area (Å²) >= 11 is 3.44. The van der Waals surface area contributed by atoms with E-state index in [0.717, 1.165) is 27.8 Å². The Morgan fingerprint density at radius 1 is 1.18 bits per heavy atom. The van der Waals surface area contributed by atoms with Crippen LogP contribution < -0.4 is 20.5 Å². The van der Waals surface area contributed by atoms with Crippen LogP contribution >= 0.6 is 15.9 Å². The van der Waals surface area contributed by atoms with E-state index in [1.54, 1.807) is 12.3 Å². The average Bonchev–Trinajstić information content (AvgIpc) is 2.92. The number of hydrogen-bond acceptors (Lipinski definition) is 6. The number of aromatic nitrogens is 2. The number of ether oxygens (including phenoxy) is 1. The molecule has 0 spiro atoms. The summed E-state index contributed by atoms with van der Waals surface area (Å²) in [6.07, 6.45) is 2.37. The van der Waals surface area contributed by atoms with E-state index in [1.807, 2.05) is 94.4 Å². The molecule has 4 rings (SSSR count). The fraction of sp³-hybridized carbons (Fsp3) is 0.267. The van der Waals surface area contributed by atoms with E-state index in [2.05, 4.69) is 26.3 Å². The highest BCUT2D eigenvalue weighted by Crippen LogP contribution is 2.25. The van der Waals surface area contributed by atoms with Gasteiger partial charge in [-0.2, -0.15) is 9.78 Å². The second kappa shape index (κ2) is 12.3. The minimum atomic E-state index is -0.276. The van der Waals surface area contributed by atoms with Gasteiger partial charge in [-0.15, -0.1) is 0 Å². The number of para-hydroxylation sites is 1. The van der Waals surface area contributed by atoms with Crippen LogP contribution in [0.15, 0.2) is 75.0 Å². The molecule has 202 valence electrons. The van der Waals surface area contributed by atoms with Gasteiger partial charge in [-0.05, 0) is 55.3 Å². The highest BCUT2D eigenvalue weighted by Gasteiger charge is 2.16. The van der Waals surface area contributed by atoms with Gasteiger partial charge in [0.1, 0.15) is 11.6 Å². The number of aryl methyl sites for hydroxylation is 1. The van der Waals surface area contributed by atoms with Crippen LogP contribution in [0.2, 0.25) is 0 Å². The van der Waals surface area contributed by atoms with Gasteiger partial charge in [-0.25, -0.2) is 4.98 Å². The highest BCUT2D eigenvalue weighted by molar-refractivity contribution is 9.10. The van der Waals surface area contributed by atoms with Gasteiger partial charge in [0.2, 0.25) is 0 Å². The predicted octanol–water partition coefficient (Wildman–Crippen LogP) is 5.95. The van der Waals surface area contributed by atoms with Gasteiger partial charge in [0.05, 0.1) is 17.1 Å². The minimum absolute atomic E-state index is 0.0138. The second-order valence-electron chi connectivity index (χ2n) is 9.57. The molecule has 1 atom stereocenters. The second-order valence-corrected chi connectivity index (χ2v) is 10.5. The summed E-state index contributed by atoms with van der Waals surface area (Å²) in [5.74, 6) is 0.792. The third-order valence-corrected chi connectivity index (χ3v) is 6.98. The Bertz CT molecular complexity index is 1600. The van der Waals surface area contributed by atoms with E-state index in [4.69, 9.17) is 9.72 Å². The molecule has 0 radical (unpaired) electrons. The number of anilines is 2. The molecule has 0 unspecified atom stereocenters.